The topological polar surface area (TPSA) is 61.8 Å². The number of benzene rings is 2. The quantitative estimate of drug-likeness (QED) is 0.233. The molecule has 0 aliphatic carbocycles. The molecule has 186 valence electrons. The van der Waals surface area contributed by atoms with E-state index in [0.29, 0.717) is 24.1 Å². The van der Waals surface area contributed by atoms with E-state index < -0.39 is 0 Å². The molecule has 6 nitrogen and oxygen atoms in total. The maximum Gasteiger partial charge on any atom is 0.161 e. The van der Waals surface area contributed by atoms with Crippen molar-refractivity contribution in [2.45, 2.75) is 26.5 Å². The molecule has 0 amide bonds. The summed E-state index contributed by atoms with van der Waals surface area (Å²) in [4.78, 5) is 4.08. The van der Waals surface area contributed by atoms with Crippen molar-refractivity contribution >= 4 is 36.4 Å². The molecule has 0 bridgehead atoms. The minimum Gasteiger partial charge on any atom is -0.493 e. The van der Waals surface area contributed by atoms with Gasteiger partial charge in [-0.3, -0.25) is 0 Å². The SMILES string of the molecule is CCOc1cc(CNCCc2ccc(OC)c(OC)c2)ccc1OCc1ccc(Cl)nc1.Cl.Cl. The summed E-state index contributed by atoms with van der Waals surface area (Å²) in [6.07, 6.45) is 2.59. The first-order valence-corrected chi connectivity index (χ1v) is 10.9. The maximum atomic E-state index is 5.94. The fourth-order valence-corrected chi connectivity index (χ4v) is 3.32. The van der Waals surface area contributed by atoms with Gasteiger partial charge < -0.3 is 24.3 Å². The molecule has 3 rings (SSSR count). The van der Waals surface area contributed by atoms with E-state index >= 15 is 0 Å². The fraction of sp³-hybridized carbons (Fsp3) is 0.320. The van der Waals surface area contributed by atoms with Crippen molar-refractivity contribution in [1.29, 1.82) is 0 Å². The Kier molecular flexibility index (Phi) is 13.5. The largest absolute Gasteiger partial charge is 0.493 e. The first kappa shape index (κ1) is 29.7. The Hall–Kier alpha value is -2.38. The molecule has 1 N–H and O–H groups in total. The number of pyridine rings is 1. The summed E-state index contributed by atoms with van der Waals surface area (Å²) in [6, 6.07) is 15.6. The number of hydrogen-bond donors (Lipinski definition) is 1. The highest BCUT2D eigenvalue weighted by Gasteiger charge is 2.08. The van der Waals surface area contributed by atoms with E-state index in [-0.39, 0.29) is 24.8 Å². The fourth-order valence-electron chi connectivity index (χ4n) is 3.20. The zero-order valence-electron chi connectivity index (χ0n) is 19.5. The van der Waals surface area contributed by atoms with Crippen molar-refractivity contribution in [3.8, 4) is 23.0 Å². The summed E-state index contributed by atoms with van der Waals surface area (Å²) < 4.78 is 22.4. The summed E-state index contributed by atoms with van der Waals surface area (Å²) in [7, 11) is 3.29. The van der Waals surface area contributed by atoms with Gasteiger partial charge in [0.05, 0.1) is 20.8 Å². The van der Waals surface area contributed by atoms with Crippen LogP contribution in [-0.4, -0.2) is 32.4 Å². The van der Waals surface area contributed by atoms with Crippen LogP contribution in [0.1, 0.15) is 23.6 Å². The molecular formula is C25H31Cl3N2O4. The lowest BCUT2D eigenvalue weighted by atomic mass is 10.1. The van der Waals surface area contributed by atoms with Crippen LogP contribution < -0.4 is 24.3 Å². The van der Waals surface area contributed by atoms with Crippen LogP contribution in [0.3, 0.4) is 0 Å². The van der Waals surface area contributed by atoms with E-state index in [2.05, 4.69) is 16.4 Å². The number of halogens is 3. The molecule has 0 fully saturated rings. The third kappa shape index (κ3) is 8.76. The summed E-state index contributed by atoms with van der Waals surface area (Å²) in [5.41, 5.74) is 3.25. The molecule has 1 aromatic heterocycles. The van der Waals surface area contributed by atoms with E-state index in [4.69, 9.17) is 30.5 Å². The van der Waals surface area contributed by atoms with E-state index in [1.807, 2.05) is 43.3 Å². The lowest BCUT2D eigenvalue weighted by Crippen LogP contribution is -2.16. The lowest BCUT2D eigenvalue weighted by molar-refractivity contribution is 0.269. The molecule has 0 radical (unpaired) electrons. The number of ether oxygens (including phenoxy) is 4. The van der Waals surface area contributed by atoms with Crippen molar-refractivity contribution in [2.75, 3.05) is 27.4 Å². The summed E-state index contributed by atoms with van der Waals surface area (Å²) in [6.45, 7) is 4.49. The Balaban J connectivity index is 0.00000289. The van der Waals surface area contributed by atoms with Gasteiger partial charge in [0.2, 0.25) is 0 Å². The molecule has 34 heavy (non-hydrogen) atoms. The molecule has 1 heterocycles. The molecule has 0 aliphatic rings. The average Bonchev–Trinajstić information content (AvgIpc) is 2.82. The van der Waals surface area contributed by atoms with Crippen molar-refractivity contribution < 1.29 is 18.9 Å². The van der Waals surface area contributed by atoms with E-state index in [1.165, 1.54) is 5.56 Å². The van der Waals surface area contributed by atoms with Crippen LogP contribution in [0.5, 0.6) is 23.0 Å². The van der Waals surface area contributed by atoms with E-state index in [1.54, 1.807) is 26.5 Å². The second-order valence-electron chi connectivity index (χ2n) is 7.11. The number of rotatable bonds is 12. The molecule has 0 saturated carbocycles. The monoisotopic (exact) mass is 528 g/mol. The van der Waals surface area contributed by atoms with Crippen molar-refractivity contribution in [3.63, 3.8) is 0 Å². The van der Waals surface area contributed by atoms with Crippen molar-refractivity contribution in [2.24, 2.45) is 0 Å². The standard InChI is InChI=1S/C25H29ClN2O4.2ClH/c1-4-31-24-14-19(6-9-22(24)32-17-20-7-10-25(26)28-16-20)15-27-12-11-18-5-8-21(29-2)23(13-18)30-3;;/h5-10,13-14,16,27H,4,11-12,15,17H2,1-3H3;2*1H. The number of nitrogens with zero attached hydrogens (tertiary/aromatic N) is 1. The highest BCUT2D eigenvalue weighted by atomic mass is 35.5. The predicted octanol–water partition coefficient (Wildman–Crippen LogP) is 5.91. The zero-order chi connectivity index (χ0) is 22.8. The van der Waals surface area contributed by atoms with E-state index in [0.717, 1.165) is 47.9 Å². The first-order valence-electron chi connectivity index (χ1n) is 10.5. The summed E-state index contributed by atoms with van der Waals surface area (Å²) in [5.74, 6) is 2.92. The molecule has 0 atom stereocenters. The van der Waals surface area contributed by atoms with Crippen LogP contribution in [0.4, 0.5) is 0 Å². The van der Waals surface area contributed by atoms with Gasteiger partial charge in [-0.1, -0.05) is 29.8 Å². The van der Waals surface area contributed by atoms with Gasteiger partial charge in [-0.05, 0) is 61.3 Å². The first-order chi connectivity index (χ1) is 15.6. The van der Waals surface area contributed by atoms with Crippen LogP contribution in [0.25, 0.3) is 0 Å². The number of aromatic nitrogens is 1. The Morgan fingerprint density at radius 3 is 2.15 bits per heavy atom. The van der Waals surface area contributed by atoms with E-state index in [9.17, 15) is 0 Å². The molecule has 2 aromatic carbocycles. The van der Waals surface area contributed by atoms with Crippen LogP contribution >= 0.6 is 36.4 Å². The Bertz CT molecular complexity index is 1000. The molecule has 0 spiro atoms. The normalized spacial score (nSPS) is 10.0. The van der Waals surface area contributed by atoms with Crippen LogP contribution in [-0.2, 0) is 19.6 Å². The van der Waals surface area contributed by atoms with Crippen molar-refractivity contribution in [1.82, 2.24) is 10.3 Å². The third-order valence-electron chi connectivity index (χ3n) is 4.86. The number of nitrogens with one attached hydrogen (secondary N) is 1. The summed E-state index contributed by atoms with van der Waals surface area (Å²) in [5, 5.41) is 3.94. The molecule has 0 unspecified atom stereocenters. The Morgan fingerprint density at radius 2 is 1.47 bits per heavy atom. The van der Waals surface area contributed by atoms with Gasteiger partial charge in [0.1, 0.15) is 11.8 Å². The number of methoxy groups -OCH3 is 2. The van der Waals surface area contributed by atoms with Gasteiger partial charge in [0, 0.05) is 18.3 Å². The van der Waals surface area contributed by atoms with Gasteiger partial charge in [-0.15, -0.1) is 24.8 Å². The highest BCUT2D eigenvalue weighted by molar-refractivity contribution is 6.29. The second kappa shape index (κ2) is 15.5. The maximum absolute atomic E-state index is 5.94. The molecule has 3 aromatic rings. The smallest absolute Gasteiger partial charge is 0.161 e. The predicted molar refractivity (Wildman–Crippen MR) is 141 cm³/mol. The van der Waals surface area contributed by atoms with Crippen LogP contribution in [0.15, 0.2) is 54.7 Å². The van der Waals surface area contributed by atoms with Gasteiger partial charge in [-0.2, -0.15) is 0 Å². The van der Waals surface area contributed by atoms with Gasteiger partial charge in [-0.25, -0.2) is 4.98 Å². The van der Waals surface area contributed by atoms with Crippen LogP contribution in [0, 0.1) is 0 Å². The zero-order valence-corrected chi connectivity index (χ0v) is 21.9. The van der Waals surface area contributed by atoms with Gasteiger partial charge in [0.15, 0.2) is 23.0 Å². The highest BCUT2D eigenvalue weighted by Crippen LogP contribution is 2.30. The number of hydrogen-bond acceptors (Lipinski definition) is 6. The molecule has 0 saturated heterocycles. The Morgan fingerprint density at radius 1 is 0.794 bits per heavy atom. The molecule has 9 heteroatoms. The summed E-state index contributed by atoms with van der Waals surface area (Å²) >= 11 is 5.84. The van der Waals surface area contributed by atoms with Gasteiger partial charge >= 0.3 is 0 Å². The minimum absolute atomic E-state index is 0. The molecular weight excluding hydrogens is 499 g/mol. The average molecular weight is 530 g/mol. The van der Waals surface area contributed by atoms with Crippen LogP contribution in [0.2, 0.25) is 5.15 Å². The third-order valence-corrected chi connectivity index (χ3v) is 5.08. The van der Waals surface area contributed by atoms with Gasteiger partial charge in [0.25, 0.3) is 0 Å². The minimum atomic E-state index is 0. The lowest BCUT2D eigenvalue weighted by Gasteiger charge is -2.14. The second-order valence-corrected chi connectivity index (χ2v) is 7.50. The Labute approximate surface area is 218 Å². The molecule has 0 aliphatic heterocycles. The van der Waals surface area contributed by atoms with Crippen molar-refractivity contribution in [3.05, 3.63) is 76.6 Å².